The Balaban J connectivity index is 2.36. The van der Waals surface area contributed by atoms with Gasteiger partial charge in [0, 0.05) is 19.7 Å². The first-order valence-electron chi connectivity index (χ1n) is 5.69. The van der Waals surface area contributed by atoms with Crippen LogP contribution in [-0.2, 0) is 4.74 Å². The summed E-state index contributed by atoms with van der Waals surface area (Å²) in [6.07, 6.45) is 1.79. The van der Waals surface area contributed by atoms with Crippen LogP contribution in [0.5, 0.6) is 0 Å². The van der Waals surface area contributed by atoms with Crippen molar-refractivity contribution in [2.75, 3.05) is 32.8 Å². The monoisotopic (exact) mass is 217 g/mol. The highest BCUT2D eigenvalue weighted by Gasteiger charge is 2.32. The lowest BCUT2D eigenvalue weighted by molar-refractivity contribution is -0.148. The molecular weight excluding hydrogens is 194 g/mol. The van der Waals surface area contributed by atoms with Crippen molar-refractivity contribution in [3.8, 4) is 0 Å². The fourth-order valence-corrected chi connectivity index (χ4v) is 2.13. The molecule has 0 aromatic carbocycles. The van der Waals surface area contributed by atoms with Gasteiger partial charge in [0.05, 0.1) is 18.3 Å². The highest BCUT2D eigenvalue weighted by Crippen LogP contribution is 2.20. The zero-order valence-corrected chi connectivity index (χ0v) is 9.78. The van der Waals surface area contributed by atoms with Crippen LogP contribution >= 0.6 is 0 Å². The van der Waals surface area contributed by atoms with Crippen molar-refractivity contribution >= 4 is 0 Å². The minimum Gasteiger partial charge on any atom is -0.396 e. The van der Waals surface area contributed by atoms with Crippen molar-refractivity contribution in [2.45, 2.75) is 38.4 Å². The number of hydrogen-bond donors (Lipinski definition) is 2. The second kappa shape index (κ2) is 5.80. The first-order chi connectivity index (χ1) is 7.07. The summed E-state index contributed by atoms with van der Waals surface area (Å²) in [5, 5.41) is 17.8. The molecule has 90 valence electrons. The van der Waals surface area contributed by atoms with Crippen LogP contribution in [0.4, 0.5) is 0 Å². The minimum atomic E-state index is -0.176. The maximum Gasteiger partial charge on any atom is 0.0940 e. The van der Waals surface area contributed by atoms with E-state index in [1.54, 1.807) is 0 Å². The van der Waals surface area contributed by atoms with Crippen LogP contribution < -0.4 is 0 Å². The molecule has 1 unspecified atom stereocenters. The van der Waals surface area contributed by atoms with Crippen molar-refractivity contribution < 1.29 is 14.9 Å². The van der Waals surface area contributed by atoms with E-state index in [9.17, 15) is 0 Å². The number of unbranched alkanes of at least 4 members (excludes halogenated alkanes) is 1. The Kier molecular flexibility index (Phi) is 4.99. The number of aliphatic hydroxyl groups is 2. The highest BCUT2D eigenvalue weighted by molar-refractivity contribution is 4.83. The summed E-state index contributed by atoms with van der Waals surface area (Å²) in [7, 11) is 0. The van der Waals surface area contributed by atoms with Crippen LogP contribution in [0, 0.1) is 0 Å². The third-order valence-corrected chi connectivity index (χ3v) is 2.64. The first-order valence-corrected chi connectivity index (χ1v) is 5.69. The lowest BCUT2D eigenvalue weighted by Crippen LogP contribution is -2.53. The summed E-state index contributed by atoms with van der Waals surface area (Å²) < 4.78 is 5.72. The highest BCUT2D eigenvalue weighted by atomic mass is 16.5. The average molecular weight is 217 g/mol. The Morgan fingerprint density at radius 3 is 2.67 bits per heavy atom. The molecule has 1 rings (SSSR count). The van der Waals surface area contributed by atoms with Gasteiger partial charge in [0.15, 0.2) is 0 Å². The summed E-state index contributed by atoms with van der Waals surface area (Å²) in [6, 6.07) is 0. The molecule has 0 aromatic heterocycles. The van der Waals surface area contributed by atoms with E-state index in [2.05, 4.69) is 4.90 Å². The number of hydrogen-bond acceptors (Lipinski definition) is 4. The molecule has 1 aliphatic heterocycles. The smallest absolute Gasteiger partial charge is 0.0940 e. The van der Waals surface area contributed by atoms with Gasteiger partial charge >= 0.3 is 0 Å². The summed E-state index contributed by atoms with van der Waals surface area (Å²) >= 11 is 0. The zero-order chi connectivity index (χ0) is 11.3. The van der Waals surface area contributed by atoms with Crippen molar-refractivity contribution in [1.82, 2.24) is 4.90 Å². The maximum absolute atomic E-state index is 9.12. The van der Waals surface area contributed by atoms with Crippen LogP contribution in [0.25, 0.3) is 0 Å². The van der Waals surface area contributed by atoms with Crippen LogP contribution in [0.2, 0.25) is 0 Å². The number of morpholine rings is 1. The van der Waals surface area contributed by atoms with E-state index >= 15 is 0 Å². The first kappa shape index (κ1) is 12.9. The summed E-state index contributed by atoms with van der Waals surface area (Å²) in [5.74, 6) is 0. The van der Waals surface area contributed by atoms with Gasteiger partial charge in [0.1, 0.15) is 0 Å². The fourth-order valence-electron chi connectivity index (χ4n) is 2.13. The van der Waals surface area contributed by atoms with Crippen LogP contribution in [0.3, 0.4) is 0 Å². The predicted molar refractivity (Wildman–Crippen MR) is 58.8 cm³/mol. The van der Waals surface area contributed by atoms with Crippen molar-refractivity contribution in [3.63, 3.8) is 0 Å². The number of aliphatic hydroxyl groups excluding tert-OH is 2. The molecule has 1 saturated heterocycles. The second-order valence-corrected chi connectivity index (χ2v) is 4.85. The Labute approximate surface area is 91.8 Å². The van der Waals surface area contributed by atoms with Crippen LogP contribution in [-0.4, -0.2) is 59.7 Å². The average Bonchev–Trinajstić information content (AvgIpc) is 2.16. The van der Waals surface area contributed by atoms with Gasteiger partial charge in [-0.25, -0.2) is 0 Å². The predicted octanol–water partition coefficient (Wildman–Crippen LogP) is 0.231. The normalized spacial score (nSPS) is 26.8. The number of rotatable bonds is 5. The van der Waals surface area contributed by atoms with Gasteiger partial charge in [-0.15, -0.1) is 0 Å². The molecule has 1 atom stereocenters. The van der Waals surface area contributed by atoms with E-state index < -0.39 is 0 Å². The maximum atomic E-state index is 9.12. The van der Waals surface area contributed by atoms with Gasteiger partial charge in [-0.1, -0.05) is 0 Å². The molecule has 1 heterocycles. The zero-order valence-electron chi connectivity index (χ0n) is 9.78. The topological polar surface area (TPSA) is 52.9 Å². The summed E-state index contributed by atoms with van der Waals surface area (Å²) in [6.45, 7) is 7.11. The Morgan fingerprint density at radius 2 is 2.07 bits per heavy atom. The van der Waals surface area contributed by atoms with Crippen molar-refractivity contribution in [2.24, 2.45) is 0 Å². The van der Waals surface area contributed by atoms with E-state index in [1.807, 2.05) is 13.8 Å². The van der Waals surface area contributed by atoms with E-state index in [1.165, 1.54) is 0 Å². The minimum absolute atomic E-state index is 0.0668. The Hall–Kier alpha value is -0.160. The van der Waals surface area contributed by atoms with E-state index in [4.69, 9.17) is 14.9 Å². The van der Waals surface area contributed by atoms with Gasteiger partial charge in [-0.05, 0) is 33.2 Å². The Morgan fingerprint density at radius 1 is 1.33 bits per heavy atom. The third kappa shape index (κ3) is 4.47. The van der Waals surface area contributed by atoms with E-state index in [0.717, 1.165) is 32.5 Å². The van der Waals surface area contributed by atoms with Gasteiger partial charge in [-0.2, -0.15) is 0 Å². The fraction of sp³-hybridized carbons (Fsp3) is 1.00. The standard InChI is InChI=1S/C11H23NO3/c1-11(2)9-12(5-3-4-6-13)7-10(8-14)15-11/h10,13-14H,3-9H2,1-2H3. The molecule has 4 nitrogen and oxygen atoms in total. The third-order valence-electron chi connectivity index (χ3n) is 2.64. The lowest BCUT2D eigenvalue weighted by atomic mass is 10.0. The molecule has 0 amide bonds. The molecule has 0 bridgehead atoms. The molecule has 0 radical (unpaired) electrons. The van der Waals surface area contributed by atoms with E-state index in [0.29, 0.717) is 0 Å². The molecular formula is C11H23NO3. The van der Waals surface area contributed by atoms with Gasteiger partial charge in [0.25, 0.3) is 0 Å². The molecule has 1 fully saturated rings. The second-order valence-electron chi connectivity index (χ2n) is 4.85. The number of nitrogens with zero attached hydrogens (tertiary/aromatic N) is 1. The Bertz CT molecular complexity index is 185. The molecule has 0 spiro atoms. The molecule has 0 saturated carbocycles. The van der Waals surface area contributed by atoms with Crippen LogP contribution in [0.1, 0.15) is 26.7 Å². The van der Waals surface area contributed by atoms with Crippen LogP contribution in [0.15, 0.2) is 0 Å². The van der Waals surface area contributed by atoms with Crippen molar-refractivity contribution in [3.05, 3.63) is 0 Å². The van der Waals surface area contributed by atoms with Crippen molar-refractivity contribution in [1.29, 1.82) is 0 Å². The van der Waals surface area contributed by atoms with E-state index in [-0.39, 0.29) is 24.9 Å². The van der Waals surface area contributed by atoms with Gasteiger partial charge in [0.2, 0.25) is 0 Å². The quantitative estimate of drug-likeness (QED) is 0.647. The molecule has 4 heteroatoms. The molecule has 2 N–H and O–H groups in total. The molecule has 0 aromatic rings. The van der Waals surface area contributed by atoms with Gasteiger partial charge < -0.3 is 14.9 Å². The summed E-state index contributed by atoms with van der Waals surface area (Å²) in [5.41, 5.74) is -0.176. The number of ether oxygens (including phenoxy) is 1. The molecule has 0 aliphatic carbocycles. The lowest BCUT2D eigenvalue weighted by Gasteiger charge is -2.42. The summed E-state index contributed by atoms with van der Waals surface area (Å²) in [4.78, 5) is 2.31. The molecule has 15 heavy (non-hydrogen) atoms. The van der Waals surface area contributed by atoms with Gasteiger partial charge in [-0.3, -0.25) is 4.90 Å². The largest absolute Gasteiger partial charge is 0.396 e. The molecule has 1 aliphatic rings. The SMILES string of the molecule is CC1(C)CN(CCCCO)CC(CO)O1.